The van der Waals surface area contributed by atoms with E-state index in [1.165, 1.54) is 82.0 Å². The number of para-hydroxylation sites is 5. The third-order valence-electron chi connectivity index (χ3n) is 24.5. The van der Waals surface area contributed by atoms with Gasteiger partial charge in [-0.1, -0.05) is 201 Å². The molecule has 13 aromatic heterocycles. The number of benzene rings is 10. The zero-order valence-corrected chi connectivity index (χ0v) is 75.8. The normalized spacial score (nSPS) is 15.7. The number of hydrogen-bond donors (Lipinski definition) is 15. The molecule has 2 aliphatic heterocycles. The number of aromatic nitrogens is 16. The summed E-state index contributed by atoms with van der Waals surface area (Å²) in [4.78, 5) is 74.6. The number of halogens is 5. The predicted molar refractivity (Wildman–Crippen MR) is 528 cm³/mol. The first-order valence-corrected chi connectivity index (χ1v) is 45.4. The number of likely N-dealkylation sites (N-methyl/N-ethyl adjacent to an activating group) is 2. The Balaban J connectivity index is 0.0000000962. The van der Waals surface area contributed by atoms with Gasteiger partial charge in [-0.15, -0.1) is 0 Å². The second-order valence-electron chi connectivity index (χ2n) is 32.0. The predicted octanol–water partition coefficient (Wildman–Crippen LogP) is 25.4. The SMILES string of the molecule is Brc1ccc2c(-c3ncc(-c4c[nH]c5ccccc45)[nH]3)c[nH]c2c1.Brc1ccc2c(C3CN[C@H](c4c[nH]c5cc(Br)ccc45)CN3)c[nH]c2c1.CN1C[C@@H](c2c[nH]c3cc(Br)ccc23)N(C)CC1c1c[nH]c2cc(Br)ccc12.O=C(c1ncc(-c2c[nH]c3ccccc23)[nH]1)c1c[nH]c2ccccc12.c1ccc2c(-c3cnc(-c4c[nH]c5ccccc45)[nH]3)c[nH]c2c1. The van der Waals surface area contributed by atoms with Gasteiger partial charge in [0.15, 0.2) is 5.82 Å². The lowest BCUT2D eigenvalue weighted by Crippen LogP contribution is -2.46. The topological polar surface area (TPSA) is 292 Å². The molecule has 0 bridgehead atoms. The molecule has 622 valence electrons. The standard InChI is InChI=1S/C22H22Br2N4.C20H18Br2N4.C20H14N4O.C19H13BrN4.C19H14N4/c1-27-11-22(18-10-26-20-8-14(24)4-6-16(18)20)28(2)12-21(27)17-9-25-19-7-13(23)3-5-15(17)19;21-11-1-3-13-15(7-23-17(13)5-11)19-9-26-20(10-25-19)16-8-24-18-6-12(22)2-4-14(16)18;25-19(15-10-22-17-8-4-2-6-13(15)17)20-23-11-18(24-20)14-9-21-16-7-3-1-5-12(14)16;20-11-5-6-13-15(9-22-17(13)7-11)19-23-10-18(24-19)14-8-21-16-4-2-1-3-12(14)16;1-3-7-16-12(5-1)14(9-20-16)18-11-22-19(23-18)15-10-21-17-8-4-2-6-13(15)17/h3-10,21-22,25-26H,11-12H2,1-2H3;1-8,19-20,23-26H,9-10H2;1-11,21-22H,(H,23,24);1-10,21-22H,(H,23,24);1-11,20-21H,(H,22,23)/t21-,22?;19-,20?;;;/m00.../s1. The van der Waals surface area contributed by atoms with Crippen LogP contribution in [0.25, 0.3) is 166 Å². The van der Waals surface area contributed by atoms with Crippen molar-refractivity contribution in [3.05, 3.63) is 349 Å². The Labute approximate surface area is 762 Å². The maximum Gasteiger partial charge on any atom is 0.230 e. The summed E-state index contributed by atoms with van der Waals surface area (Å²) < 4.78 is 5.46. The fourth-order valence-corrected chi connectivity index (χ4v) is 19.9. The number of imidazole rings is 3. The van der Waals surface area contributed by atoms with Crippen LogP contribution in [0.1, 0.15) is 62.6 Å². The number of rotatable bonds is 11. The summed E-state index contributed by atoms with van der Waals surface area (Å²) in [5, 5.41) is 19.3. The van der Waals surface area contributed by atoms with Crippen molar-refractivity contribution in [3.8, 4) is 56.5 Å². The summed E-state index contributed by atoms with van der Waals surface area (Å²) >= 11 is 17.7. The molecule has 25 rings (SSSR count). The third kappa shape index (κ3) is 15.6. The van der Waals surface area contributed by atoms with Gasteiger partial charge in [0.2, 0.25) is 5.78 Å². The molecule has 2 saturated heterocycles. The fourth-order valence-electron chi connectivity index (χ4n) is 18.1. The van der Waals surface area contributed by atoms with E-state index in [4.69, 9.17) is 0 Å². The van der Waals surface area contributed by atoms with Crippen LogP contribution in [0.3, 0.4) is 0 Å². The molecule has 0 radical (unpaired) electrons. The van der Waals surface area contributed by atoms with Crippen molar-refractivity contribution in [2.45, 2.75) is 24.2 Å². The van der Waals surface area contributed by atoms with E-state index in [-0.39, 0.29) is 5.78 Å². The van der Waals surface area contributed by atoms with E-state index in [0.717, 1.165) is 154 Å². The first-order valence-electron chi connectivity index (χ1n) is 41.4. The van der Waals surface area contributed by atoms with Crippen LogP contribution in [0, 0.1) is 0 Å². The molecule has 23 aromatic rings. The Morgan fingerprint density at radius 1 is 0.302 bits per heavy atom. The van der Waals surface area contributed by atoms with Crippen LogP contribution in [-0.4, -0.2) is 136 Å². The van der Waals surface area contributed by atoms with E-state index in [9.17, 15) is 4.79 Å². The molecule has 0 aliphatic carbocycles. The molecule has 26 heteroatoms. The summed E-state index contributed by atoms with van der Waals surface area (Å²) in [5.41, 5.74) is 25.4. The summed E-state index contributed by atoms with van der Waals surface area (Å²) in [6, 6.07) is 74.0. The van der Waals surface area contributed by atoms with Gasteiger partial charge in [-0.05, 0) is 127 Å². The highest BCUT2D eigenvalue weighted by atomic mass is 79.9. The smallest absolute Gasteiger partial charge is 0.230 e. The highest BCUT2D eigenvalue weighted by Gasteiger charge is 2.35. The van der Waals surface area contributed by atoms with Crippen LogP contribution in [-0.2, 0) is 0 Å². The quantitative estimate of drug-likeness (QED) is 0.0551. The monoisotopic (exact) mass is 1970 g/mol. The Kier molecular flexibility index (Phi) is 21.8. The van der Waals surface area contributed by atoms with E-state index in [1.807, 2.05) is 122 Å². The zero-order valence-electron chi connectivity index (χ0n) is 67.9. The lowest BCUT2D eigenvalue weighted by Gasteiger charge is -2.43. The lowest BCUT2D eigenvalue weighted by molar-refractivity contribution is 0.0636. The van der Waals surface area contributed by atoms with E-state index in [0.29, 0.717) is 35.6 Å². The van der Waals surface area contributed by atoms with Crippen molar-refractivity contribution in [1.82, 2.24) is 100 Å². The molecular formula is C100H81Br5N20O. The summed E-state index contributed by atoms with van der Waals surface area (Å²) in [5.74, 6) is 1.96. The molecule has 21 nitrogen and oxygen atoms in total. The summed E-state index contributed by atoms with van der Waals surface area (Å²) in [7, 11) is 4.49. The maximum absolute atomic E-state index is 12.8. The van der Waals surface area contributed by atoms with Crippen molar-refractivity contribution in [3.63, 3.8) is 0 Å². The van der Waals surface area contributed by atoms with Crippen LogP contribution < -0.4 is 10.6 Å². The van der Waals surface area contributed by atoms with Crippen molar-refractivity contribution >= 4 is 194 Å². The molecule has 0 spiro atoms. The number of piperazine rings is 2. The first kappa shape index (κ1) is 80.3. The van der Waals surface area contributed by atoms with E-state index >= 15 is 0 Å². The lowest BCUT2D eigenvalue weighted by atomic mass is 9.96. The molecular weight excluding hydrogens is 1900 g/mol. The van der Waals surface area contributed by atoms with Crippen LogP contribution in [0.2, 0.25) is 0 Å². The van der Waals surface area contributed by atoms with Crippen LogP contribution in [0.15, 0.2) is 315 Å². The average Bonchev–Trinajstić information content (AvgIpc) is 1.66. The molecule has 15 N–H and O–H groups in total. The minimum absolute atomic E-state index is 0.122. The minimum Gasteiger partial charge on any atom is -0.361 e. The molecule has 4 atom stereocenters. The van der Waals surface area contributed by atoms with Crippen molar-refractivity contribution < 1.29 is 4.79 Å². The largest absolute Gasteiger partial charge is 0.361 e. The number of ketones is 1. The Bertz CT molecular complexity index is 7670. The number of H-pyrrole nitrogens is 13. The number of carbonyl (C=O) groups excluding carboxylic acids is 1. The minimum atomic E-state index is -0.122. The number of hydrogen-bond acceptors (Lipinski definition) is 8. The van der Waals surface area contributed by atoms with Gasteiger partial charge in [-0.3, -0.25) is 14.6 Å². The number of carbonyl (C=O) groups is 1. The van der Waals surface area contributed by atoms with Crippen molar-refractivity contribution in [2.75, 3.05) is 40.3 Å². The number of fused-ring (bicyclic) bond motifs is 10. The second kappa shape index (κ2) is 34.2. The Morgan fingerprint density at radius 2 is 0.587 bits per heavy atom. The van der Waals surface area contributed by atoms with Crippen LogP contribution in [0.5, 0.6) is 0 Å². The summed E-state index contributed by atoms with van der Waals surface area (Å²) in [6.07, 6.45) is 25.8. The molecule has 126 heavy (non-hydrogen) atoms. The van der Waals surface area contributed by atoms with Gasteiger partial charge >= 0.3 is 0 Å². The molecule has 15 heterocycles. The first-order chi connectivity index (χ1) is 61.7. The molecule has 10 aromatic carbocycles. The Morgan fingerprint density at radius 3 is 0.984 bits per heavy atom. The fraction of sp³-hybridized carbons (Fsp3) is 0.100. The third-order valence-corrected chi connectivity index (χ3v) is 26.9. The Hall–Kier alpha value is -12.9. The second-order valence-corrected chi connectivity index (χ2v) is 36.5. The van der Waals surface area contributed by atoms with Crippen LogP contribution in [0.4, 0.5) is 0 Å². The van der Waals surface area contributed by atoms with E-state index in [1.54, 1.807) is 12.4 Å². The van der Waals surface area contributed by atoms with Gasteiger partial charge in [-0.2, -0.15) is 0 Å². The molecule has 0 saturated carbocycles. The van der Waals surface area contributed by atoms with Crippen molar-refractivity contribution in [1.29, 1.82) is 0 Å². The van der Waals surface area contributed by atoms with Gasteiger partial charge < -0.3 is 75.4 Å². The highest BCUT2D eigenvalue weighted by Crippen LogP contribution is 2.42. The molecule has 2 unspecified atom stereocenters. The van der Waals surface area contributed by atoms with Gasteiger partial charge in [-0.25, -0.2) is 15.0 Å². The molecule has 2 fully saturated rings. The number of nitrogens with zero attached hydrogens (tertiary/aromatic N) is 5. The van der Waals surface area contributed by atoms with Gasteiger partial charge in [0.25, 0.3) is 0 Å². The molecule has 2 aliphatic rings. The average molecular weight is 1980 g/mol. The highest BCUT2D eigenvalue weighted by molar-refractivity contribution is 9.11. The van der Waals surface area contributed by atoms with E-state index in [2.05, 4.69) is 352 Å². The van der Waals surface area contributed by atoms with Gasteiger partial charge in [0.1, 0.15) is 11.6 Å². The van der Waals surface area contributed by atoms with Crippen LogP contribution >= 0.6 is 79.6 Å². The summed E-state index contributed by atoms with van der Waals surface area (Å²) in [6.45, 7) is 3.79. The van der Waals surface area contributed by atoms with Gasteiger partial charge in [0, 0.05) is 272 Å². The number of nitrogens with one attached hydrogen (secondary N) is 15. The zero-order chi connectivity index (χ0) is 85.2. The van der Waals surface area contributed by atoms with Gasteiger partial charge in [0.05, 0.1) is 41.2 Å². The maximum atomic E-state index is 12.8. The number of aromatic amines is 13. The van der Waals surface area contributed by atoms with Crippen molar-refractivity contribution in [2.24, 2.45) is 0 Å². The van der Waals surface area contributed by atoms with E-state index < -0.39 is 0 Å². The molecule has 0 amide bonds.